The van der Waals surface area contributed by atoms with Crippen LogP contribution in [0.4, 0.5) is 0 Å². The average Bonchev–Trinajstić information content (AvgIpc) is 3.75. The van der Waals surface area contributed by atoms with Gasteiger partial charge in [-0.15, -0.1) is 0 Å². The molecule has 244 valence electrons. The summed E-state index contributed by atoms with van der Waals surface area (Å²) in [6.07, 6.45) is 6.60. The molecule has 0 bridgehead atoms. The molecular formula is C47H30N4O. The summed E-state index contributed by atoms with van der Waals surface area (Å²) in [5, 5.41) is 8.10. The number of hydrogen-bond donors (Lipinski definition) is 0. The molecular weight excluding hydrogens is 637 g/mol. The van der Waals surface area contributed by atoms with Crippen molar-refractivity contribution in [1.82, 2.24) is 19.5 Å². The Labute approximate surface area is 299 Å². The Balaban J connectivity index is 1.15. The topological polar surface area (TPSA) is 56.7 Å². The smallest absolute Gasteiger partial charge is 0.164 e. The molecule has 0 spiro atoms. The van der Waals surface area contributed by atoms with Crippen molar-refractivity contribution in [2.75, 3.05) is 0 Å². The molecule has 5 heteroatoms. The van der Waals surface area contributed by atoms with Crippen LogP contribution in [0, 0.1) is 0 Å². The first kappa shape index (κ1) is 28.9. The minimum absolute atomic E-state index is 0.608. The maximum atomic E-state index is 6.53. The molecule has 0 saturated carbocycles. The van der Waals surface area contributed by atoms with Gasteiger partial charge in [0.15, 0.2) is 17.5 Å². The highest BCUT2D eigenvalue weighted by molar-refractivity contribution is 6.12. The summed E-state index contributed by atoms with van der Waals surface area (Å²) >= 11 is 0. The second-order valence-corrected chi connectivity index (χ2v) is 13.5. The van der Waals surface area contributed by atoms with E-state index in [-0.39, 0.29) is 0 Å². The number of benzene rings is 7. The number of hydrogen-bond acceptors (Lipinski definition) is 4. The molecule has 10 aromatic rings. The first-order valence-electron chi connectivity index (χ1n) is 17.7. The van der Waals surface area contributed by atoms with E-state index in [0.29, 0.717) is 17.5 Å². The lowest BCUT2D eigenvalue weighted by molar-refractivity contribution is 0.669. The van der Waals surface area contributed by atoms with Gasteiger partial charge in [0, 0.05) is 49.8 Å². The molecule has 1 aliphatic rings. The minimum Gasteiger partial charge on any atom is -0.456 e. The molecule has 0 fully saturated rings. The summed E-state index contributed by atoms with van der Waals surface area (Å²) in [5.74, 6) is 1.87. The van der Waals surface area contributed by atoms with Crippen LogP contribution in [0.3, 0.4) is 0 Å². The first-order valence-corrected chi connectivity index (χ1v) is 17.7. The Kier molecular flexibility index (Phi) is 6.31. The van der Waals surface area contributed by atoms with Crippen molar-refractivity contribution in [3.8, 4) is 39.9 Å². The van der Waals surface area contributed by atoms with Crippen LogP contribution in [0.15, 0.2) is 156 Å². The van der Waals surface area contributed by atoms with Gasteiger partial charge in [-0.1, -0.05) is 115 Å². The van der Waals surface area contributed by atoms with Crippen LogP contribution in [0.25, 0.3) is 100 Å². The Morgan fingerprint density at radius 2 is 1.25 bits per heavy atom. The maximum absolute atomic E-state index is 6.53. The predicted molar refractivity (Wildman–Crippen MR) is 213 cm³/mol. The van der Waals surface area contributed by atoms with Gasteiger partial charge in [-0.3, -0.25) is 0 Å². The van der Waals surface area contributed by atoms with Gasteiger partial charge in [0.2, 0.25) is 0 Å². The molecule has 7 aromatic carbocycles. The van der Waals surface area contributed by atoms with Gasteiger partial charge in [-0.05, 0) is 76.9 Å². The molecule has 0 aliphatic heterocycles. The molecule has 52 heavy (non-hydrogen) atoms. The zero-order valence-corrected chi connectivity index (χ0v) is 28.1. The molecule has 0 unspecified atom stereocenters. The molecule has 11 rings (SSSR count). The Bertz CT molecular complexity index is 3080. The van der Waals surface area contributed by atoms with Crippen LogP contribution in [-0.2, 0) is 6.42 Å². The van der Waals surface area contributed by atoms with Crippen molar-refractivity contribution in [1.29, 1.82) is 0 Å². The molecule has 5 nitrogen and oxygen atoms in total. The summed E-state index contributed by atoms with van der Waals surface area (Å²) in [5.41, 5.74) is 9.38. The van der Waals surface area contributed by atoms with Crippen LogP contribution < -0.4 is 0 Å². The molecule has 1 aliphatic carbocycles. The quantitative estimate of drug-likeness (QED) is 0.188. The Hall–Kier alpha value is -6.85. The van der Waals surface area contributed by atoms with E-state index < -0.39 is 0 Å². The molecule has 3 heterocycles. The van der Waals surface area contributed by atoms with Crippen molar-refractivity contribution in [2.24, 2.45) is 0 Å². The second kappa shape index (κ2) is 11.3. The molecule has 3 aromatic heterocycles. The maximum Gasteiger partial charge on any atom is 0.164 e. The third-order valence-corrected chi connectivity index (χ3v) is 10.5. The van der Waals surface area contributed by atoms with E-state index in [0.717, 1.165) is 62.5 Å². The fraction of sp³-hybridized carbons (Fsp3) is 0.0426. The van der Waals surface area contributed by atoms with E-state index in [9.17, 15) is 0 Å². The van der Waals surface area contributed by atoms with E-state index in [4.69, 9.17) is 19.4 Å². The van der Waals surface area contributed by atoms with Crippen LogP contribution >= 0.6 is 0 Å². The standard InChI is InChI=1S/C47H30N4O/c1-2-12-30(13-3-1)45-48-46(34-22-21-29-11-4-5-14-31(29)25-34)50-47(49-45)37-18-10-20-43-44(37)39-28-35(23-24-42(39)52-43)51-40-19-9-8-17-36(40)38-26-32-15-6-7-16-33(32)27-41(38)51/h1-8,10-18,20-28H,9,19H2. The highest BCUT2D eigenvalue weighted by Gasteiger charge is 2.22. The highest BCUT2D eigenvalue weighted by Crippen LogP contribution is 2.40. The largest absolute Gasteiger partial charge is 0.456 e. The average molecular weight is 667 g/mol. The SMILES string of the molecule is C1=Cc2c(n(-c3ccc4oc5cccc(-c6nc(-c7ccccc7)nc(-c7ccc8ccccc8c7)n6)c5c4c3)c3cc4ccccc4cc23)CC1. The summed E-state index contributed by atoms with van der Waals surface area (Å²) in [4.78, 5) is 15.3. The van der Waals surface area contributed by atoms with E-state index in [1.54, 1.807) is 0 Å². The van der Waals surface area contributed by atoms with Crippen LogP contribution in [0.5, 0.6) is 0 Å². The van der Waals surface area contributed by atoms with Crippen LogP contribution in [0.2, 0.25) is 0 Å². The van der Waals surface area contributed by atoms with Crippen molar-refractivity contribution < 1.29 is 4.42 Å². The summed E-state index contributed by atoms with van der Waals surface area (Å²) in [7, 11) is 0. The van der Waals surface area contributed by atoms with E-state index in [1.165, 1.54) is 38.3 Å². The lowest BCUT2D eigenvalue weighted by Gasteiger charge is -2.14. The number of allylic oxidation sites excluding steroid dienone is 1. The lowest BCUT2D eigenvalue weighted by Crippen LogP contribution is -2.03. The molecule has 0 amide bonds. The van der Waals surface area contributed by atoms with Gasteiger partial charge in [-0.2, -0.15) is 0 Å². The Morgan fingerprint density at radius 3 is 2.10 bits per heavy atom. The van der Waals surface area contributed by atoms with E-state index in [1.807, 2.05) is 42.5 Å². The zero-order valence-electron chi connectivity index (χ0n) is 28.1. The molecule has 0 saturated heterocycles. The molecule has 0 N–H and O–H groups in total. The second-order valence-electron chi connectivity index (χ2n) is 13.5. The number of rotatable bonds is 4. The first-order chi connectivity index (χ1) is 25.7. The van der Waals surface area contributed by atoms with E-state index in [2.05, 4.69) is 120 Å². The summed E-state index contributed by atoms with van der Waals surface area (Å²) < 4.78 is 8.99. The fourth-order valence-corrected chi connectivity index (χ4v) is 8.01. The monoisotopic (exact) mass is 666 g/mol. The fourth-order valence-electron chi connectivity index (χ4n) is 8.01. The highest BCUT2D eigenvalue weighted by atomic mass is 16.3. The van der Waals surface area contributed by atoms with Gasteiger partial charge in [-0.25, -0.2) is 15.0 Å². The normalized spacial score (nSPS) is 12.8. The number of nitrogens with zero attached hydrogens (tertiary/aromatic N) is 4. The van der Waals surface area contributed by atoms with Crippen molar-refractivity contribution in [3.05, 3.63) is 163 Å². The van der Waals surface area contributed by atoms with Gasteiger partial charge in [0.25, 0.3) is 0 Å². The summed E-state index contributed by atoms with van der Waals surface area (Å²) in [6.45, 7) is 0. The summed E-state index contributed by atoms with van der Waals surface area (Å²) in [6, 6.07) is 50.9. The molecule has 0 atom stereocenters. The lowest BCUT2D eigenvalue weighted by atomic mass is 10.0. The Morgan fingerprint density at radius 1 is 0.519 bits per heavy atom. The van der Waals surface area contributed by atoms with Crippen molar-refractivity contribution in [2.45, 2.75) is 12.8 Å². The minimum atomic E-state index is 0.608. The van der Waals surface area contributed by atoms with Crippen molar-refractivity contribution in [3.63, 3.8) is 0 Å². The van der Waals surface area contributed by atoms with Gasteiger partial charge < -0.3 is 8.98 Å². The van der Waals surface area contributed by atoms with Gasteiger partial charge in [0.05, 0.1) is 5.52 Å². The van der Waals surface area contributed by atoms with Gasteiger partial charge >= 0.3 is 0 Å². The number of fused-ring (bicyclic) bond motifs is 8. The van der Waals surface area contributed by atoms with Crippen molar-refractivity contribution >= 4 is 60.5 Å². The third-order valence-electron chi connectivity index (χ3n) is 10.5. The van der Waals surface area contributed by atoms with E-state index >= 15 is 0 Å². The number of furan rings is 1. The van der Waals surface area contributed by atoms with Gasteiger partial charge in [0.1, 0.15) is 11.2 Å². The van der Waals surface area contributed by atoms with Crippen LogP contribution in [0.1, 0.15) is 17.7 Å². The molecule has 0 radical (unpaired) electrons. The van der Waals surface area contributed by atoms with Crippen LogP contribution in [-0.4, -0.2) is 19.5 Å². The number of aromatic nitrogens is 4. The third kappa shape index (κ3) is 4.53. The zero-order chi connectivity index (χ0) is 34.2. The predicted octanol–water partition coefficient (Wildman–Crippen LogP) is 12.0.